The number of allylic oxidation sites excluding steroid dienone is 3. The van der Waals surface area contributed by atoms with Gasteiger partial charge in [0.15, 0.2) is 0 Å². The molecule has 0 aliphatic carbocycles. The summed E-state index contributed by atoms with van der Waals surface area (Å²) in [5.74, 6) is -0.0249. The zero-order valence-electron chi connectivity index (χ0n) is 7.35. The van der Waals surface area contributed by atoms with Crippen molar-refractivity contribution in [3.8, 4) is 0 Å². The van der Waals surface area contributed by atoms with Gasteiger partial charge in [0, 0.05) is 12.6 Å². The smallest absolute Gasteiger partial charge is 0.244 e. The second kappa shape index (κ2) is 5.71. The maximum Gasteiger partial charge on any atom is 0.244 e. The second-order valence-electron chi connectivity index (χ2n) is 2.28. The molecule has 0 aromatic carbocycles. The number of rotatable bonds is 3. The molecule has 1 N–H and O–H groups in total. The van der Waals surface area contributed by atoms with Crippen molar-refractivity contribution in [3.63, 3.8) is 0 Å². The quantitative estimate of drug-likeness (QED) is 0.484. The lowest BCUT2D eigenvalue weighted by Gasteiger charge is -1.95. The number of amides is 1. The molecule has 11 heavy (non-hydrogen) atoms. The van der Waals surface area contributed by atoms with E-state index in [4.69, 9.17) is 0 Å². The van der Waals surface area contributed by atoms with Crippen LogP contribution in [0.2, 0.25) is 0 Å². The maximum atomic E-state index is 10.9. The molecule has 0 aromatic rings. The molecule has 0 aromatic heterocycles. The van der Waals surface area contributed by atoms with Gasteiger partial charge in [-0.2, -0.15) is 0 Å². The Hall–Kier alpha value is -1.05. The van der Waals surface area contributed by atoms with Crippen molar-refractivity contribution in [2.75, 3.05) is 6.54 Å². The van der Waals surface area contributed by atoms with Gasteiger partial charge in [-0.3, -0.25) is 4.79 Å². The van der Waals surface area contributed by atoms with Gasteiger partial charge in [-0.25, -0.2) is 0 Å². The van der Waals surface area contributed by atoms with Crippen LogP contribution in [0.3, 0.4) is 0 Å². The molecule has 0 unspecified atom stereocenters. The number of carbonyl (C=O) groups is 1. The van der Waals surface area contributed by atoms with Gasteiger partial charge in [0.05, 0.1) is 0 Å². The lowest BCUT2D eigenvalue weighted by molar-refractivity contribution is -0.116. The van der Waals surface area contributed by atoms with Crippen LogP contribution in [0.15, 0.2) is 23.8 Å². The van der Waals surface area contributed by atoms with Crippen LogP contribution < -0.4 is 5.32 Å². The van der Waals surface area contributed by atoms with E-state index in [1.807, 2.05) is 32.9 Å². The van der Waals surface area contributed by atoms with Crippen molar-refractivity contribution in [1.29, 1.82) is 0 Å². The Morgan fingerprint density at radius 2 is 2.18 bits per heavy atom. The fourth-order valence-corrected chi connectivity index (χ4v) is 0.743. The third kappa shape index (κ3) is 5.40. The van der Waals surface area contributed by atoms with E-state index in [0.717, 1.165) is 5.57 Å². The summed E-state index contributed by atoms with van der Waals surface area (Å²) in [5.41, 5.74) is 0.971. The average Bonchev–Trinajstić information content (AvgIpc) is 1.87. The summed E-state index contributed by atoms with van der Waals surface area (Å²) in [6.07, 6.45) is 5.39. The Bertz CT molecular complexity index is 180. The van der Waals surface area contributed by atoms with Crippen LogP contribution in [0.5, 0.6) is 0 Å². The summed E-state index contributed by atoms with van der Waals surface area (Å²) < 4.78 is 0. The number of nitrogens with one attached hydrogen (secondary N) is 1. The van der Waals surface area contributed by atoms with Crippen molar-refractivity contribution in [3.05, 3.63) is 23.8 Å². The van der Waals surface area contributed by atoms with Crippen molar-refractivity contribution in [1.82, 2.24) is 5.32 Å². The molecule has 0 saturated heterocycles. The SMILES string of the molecule is C/C=C\C(C)=C/C(=O)NCC. The molecule has 0 fully saturated rings. The normalized spacial score (nSPS) is 12.1. The Morgan fingerprint density at radius 1 is 1.55 bits per heavy atom. The summed E-state index contributed by atoms with van der Waals surface area (Å²) in [6.45, 7) is 6.40. The van der Waals surface area contributed by atoms with Crippen LogP contribution in [0.1, 0.15) is 20.8 Å². The number of likely N-dealkylation sites (N-methyl/N-ethyl adjacent to an activating group) is 1. The molecule has 0 aliphatic heterocycles. The molecule has 1 amide bonds. The van der Waals surface area contributed by atoms with Gasteiger partial charge in [0.25, 0.3) is 0 Å². The third-order valence-electron chi connectivity index (χ3n) is 1.14. The van der Waals surface area contributed by atoms with Crippen molar-refractivity contribution >= 4 is 5.91 Å². The lowest BCUT2D eigenvalue weighted by Crippen LogP contribution is -2.20. The molecule has 0 spiro atoms. The van der Waals surface area contributed by atoms with Gasteiger partial charge in [0.1, 0.15) is 0 Å². The van der Waals surface area contributed by atoms with Crippen LogP contribution in [0, 0.1) is 0 Å². The highest BCUT2D eigenvalue weighted by molar-refractivity contribution is 5.88. The molecular formula is C9H15NO. The van der Waals surface area contributed by atoms with Crippen LogP contribution in [0.4, 0.5) is 0 Å². The van der Waals surface area contributed by atoms with Gasteiger partial charge in [-0.05, 0) is 26.3 Å². The van der Waals surface area contributed by atoms with Crippen LogP contribution in [-0.2, 0) is 4.79 Å². The van der Waals surface area contributed by atoms with Gasteiger partial charge in [-0.1, -0.05) is 12.2 Å². The number of hydrogen-bond donors (Lipinski definition) is 1. The highest BCUT2D eigenvalue weighted by Crippen LogP contribution is 1.93. The van der Waals surface area contributed by atoms with Crippen molar-refractivity contribution in [2.45, 2.75) is 20.8 Å². The Balaban J connectivity index is 3.96. The molecule has 0 aliphatic rings. The van der Waals surface area contributed by atoms with Crippen molar-refractivity contribution < 1.29 is 4.79 Å². The van der Waals surface area contributed by atoms with Gasteiger partial charge in [-0.15, -0.1) is 0 Å². The first-order chi connectivity index (χ1) is 5.20. The fourth-order valence-electron chi connectivity index (χ4n) is 0.743. The first kappa shape index (κ1) is 9.95. The summed E-state index contributed by atoms with van der Waals surface area (Å²) in [5, 5.41) is 2.69. The predicted octanol–water partition coefficient (Wildman–Crippen LogP) is 1.64. The first-order valence-corrected chi connectivity index (χ1v) is 3.79. The van der Waals surface area contributed by atoms with Gasteiger partial charge < -0.3 is 5.32 Å². The van der Waals surface area contributed by atoms with E-state index in [2.05, 4.69) is 5.32 Å². The summed E-state index contributed by atoms with van der Waals surface area (Å²) >= 11 is 0. The molecule has 0 saturated carbocycles. The standard InChI is InChI=1S/C9H15NO/c1-4-6-8(3)7-9(11)10-5-2/h4,6-7H,5H2,1-3H3,(H,10,11)/b6-4-,8-7-. The third-order valence-corrected chi connectivity index (χ3v) is 1.14. The topological polar surface area (TPSA) is 29.1 Å². The minimum atomic E-state index is -0.0249. The van der Waals surface area contributed by atoms with E-state index >= 15 is 0 Å². The molecule has 0 heterocycles. The molecule has 0 radical (unpaired) electrons. The summed E-state index contributed by atoms with van der Waals surface area (Å²) in [6, 6.07) is 0. The minimum Gasteiger partial charge on any atom is -0.353 e. The molecule has 62 valence electrons. The average molecular weight is 153 g/mol. The fraction of sp³-hybridized carbons (Fsp3) is 0.444. The summed E-state index contributed by atoms with van der Waals surface area (Å²) in [7, 11) is 0. The van der Waals surface area contributed by atoms with E-state index in [-0.39, 0.29) is 5.91 Å². The Kier molecular flexibility index (Phi) is 5.17. The van der Waals surface area contributed by atoms with E-state index < -0.39 is 0 Å². The van der Waals surface area contributed by atoms with Crippen LogP contribution in [0.25, 0.3) is 0 Å². The molecule has 2 nitrogen and oxygen atoms in total. The highest BCUT2D eigenvalue weighted by atomic mass is 16.1. The molecule has 0 bridgehead atoms. The van der Waals surface area contributed by atoms with E-state index in [0.29, 0.717) is 6.54 Å². The molecular weight excluding hydrogens is 138 g/mol. The van der Waals surface area contributed by atoms with Gasteiger partial charge >= 0.3 is 0 Å². The number of hydrogen-bond acceptors (Lipinski definition) is 1. The Labute approximate surface area is 68.0 Å². The molecule has 0 atom stereocenters. The van der Waals surface area contributed by atoms with E-state index in [1.165, 1.54) is 0 Å². The van der Waals surface area contributed by atoms with Crippen molar-refractivity contribution in [2.24, 2.45) is 0 Å². The molecule has 0 rings (SSSR count). The number of carbonyl (C=O) groups excluding carboxylic acids is 1. The zero-order valence-corrected chi connectivity index (χ0v) is 7.35. The minimum absolute atomic E-state index is 0.0249. The Morgan fingerprint density at radius 3 is 2.64 bits per heavy atom. The van der Waals surface area contributed by atoms with Crippen LogP contribution in [-0.4, -0.2) is 12.5 Å². The largest absolute Gasteiger partial charge is 0.353 e. The maximum absolute atomic E-state index is 10.9. The first-order valence-electron chi connectivity index (χ1n) is 3.79. The second-order valence-corrected chi connectivity index (χ2v) is 2.28. The predicted molar refractivity (Wildman–Crippen MR) is 47.3 cm³/mol. The van der Waals surface area contributed by atoms with E-state index in [9.17, 15) is 4.79 Å². The van der Waals surface area contributed by atoms with Crippen LogP contribution >= 0.6 is 0 Å². The van der Waals surface area contributed by atoms with Gasteiger partial charge in [0.2, 0.25) is 5.91 Å². The highest BCUT2D eigenvalue weighted by Gasteiger charge is 1.91. The van der Waals surface area contributed by atoms with E-state index in [1.54, 1.807) is 6.08 Å². The lowest BCUT2D eigenvalue weighted by atomic mass is 10.2. The molecule has 2 heteroatoms. The summed E-state index contributed by atoms with van der Waals surface area (Å²) in [4.78, 5) is 10.9. The monoisotopic (exact) mass is 153 g/mol. The zero-order chi connectivity index (χ0) is 8.69.